The van der Waals surface area contributed by atoms with Crippen LogP contribution < -0.4 is 14.9 Å². The van der Waals surface area contributed by atoms with Crippen LogP contribution in [0.5, 0.6) is 0 Å². The van der Waals surface area contributed by atoms with Gasteiger partial charge in [-0.25, -0.2) is 14.7 Å². The fraction of sp³-hybridized carbons (Fsp3) is 0.419. The van der Waals surface area contributed by atoms with Gasteiger partial charge in [-0.15, -0.1) is 0 Å². The van der Waals surface area contributed by atoms with Crippen LogP contribution in [-0.2, 0) is 15.4 Å². The van der Waals surface area contributed by atoms with Crippen LogP contribution in [0.1, 0.15) is 75.5 Å². The SMILES string of the molecule is CC(C)(C)c1ccc2c(n1)N1C[C@@H](CCC(/C=C/c3cccnc3)Nc3cccc(n3)S(=O)(=O)NC2=O)CC1(C)C. The largest absolute Gasteiger partial charge is 0.364 e. The number of sulfonamides is 1. The second-order valence-corrected chi connectivity index (χ2v) is 14.2. The highest BCUT2D eigenvalue weighted by atomic mass is 32.2. The van der Waals surface area contributed by atoms with Crippen molar-refractivity contribution in [2.75, 3.05) is 16.8 Å². The van der Waals surface area contributed by atoms with E-state index in [4.69, 9.17) is 4.98 Å². The summed E-state index contributed by atoms with van der Waals surface area (Å²) in [7, 11) is -4.25. The number of anilines is 2. The summed E-state index contributed by atoms with van der Waals surface area (Å²) in [5.74, 6) is 0.562. The Labute approximate surface area is 242 Å². The predicted molar refractivity (Wildman–Crippen MR) is 161 cm³/mol. The van der Waals surface area contributed by atoms with E-state index in [0.29, 0.717) is 24.1 Å². The summed E-state index contributed by atoms with van der Waals surface area (Å²) in [5.41, 5.74) is 1.52. The summed E-state index contributed by atoms with van der Waals surface area (Å²) in [4.78, 5) is 29.3. The predicted octanol–water partition coefficient (Wildman–Crippen LogP) is 5.18. The number of pyridine rings is 3. The Morgan fingerprint density at radius 3 is 2.59 bits per heavy atom. The Balaban J connectivity index is 1.58. The Kier molecular flexibility index (Phi) is 7.63. The molecule has 1 amide bonds. The Hall–Kier alpha value is -3.79. The molecule has 10 heteroatoms. The van der Waals surface area contributed by atoms with E-state index in [9.17, 15) is 13.2 Å². The number of aromatic nitrogens is 3. The molecule has 3 aromatic rings. The van der Waals surface area contributed by atoms with Crippen molar-refractivity contribution in [3.05, 3.63) is 77.8 Å². The first-order chi connectivity index (χ1) is 19.3. The molecule has 1 fully saturated rings. The molecule has 41 heavy (non-hydrogen) atoms. The van der Waals surface area contributed by atoms with Crippen LogP contribution in [0.4, 0.5) is 11.6 Å². The lowest BCUT2D eigenvalue weighted by Crippen LogP contribution is -2.41. The van der Waals surface area contributed by atoms with Crippen LogP contribution in [0.3, 0.4) is 0 Å². The summed E-state index contributed by atoms with van der Waals surface area (Å²) < 4.78 is 29.0. The molecule has 9 nitrogen and oxygen atoms in total. The molecule has 0 radical (unpaired) electrons. The van der Waals surface area contributed by atoms with Crippen molar-refractivity contribution in [3.8, 4) is 0 Å². The second-order valence-electron chi connectivity index (χ2n) is 12.6. The number of nitrogens with one attached hydrogen (secondary N) is 2. The topological polar surface area (TPSA) is 117 Å². The maximum atomic E-state index is 13.6. The minimum Gasteiger partial charge on any atom is -0.364 e. The molecule has 5 rings (SSSR count). The smallest absolute Gasteiger partial charge is 0.281 e. The van der Waals surface area contributed by atoms with Crippen LogP contribution in [0.25, 0.3) is 6.08 Å². The number of amides is 1. The van der Waals surface area contributed by atoms with Gasteiger partial charge in [-0.2, -0.15) is 8.42 Å². The first-order valence-corrected chi connectivity index (χ1v) is 15.5. The highest BCUT2D eigenvalue weighted by molar-refractivity contribution is 7.90. The van der Waals surface area contributed by atoms with Crippen LogP contribution >= 0.6 is 0 Å². The number of carbonyl (C=O) groups excluding carboxylic acids is 1. The number of hydrogen-bond acceptors (Lipinski definition) is 8. The third-order valence-electron chi connectivity index (χ3n) is 7.75. The van der Waals surface area contributed by atoms with E-state index >= 15 is 0 Å². The van der Waals surface area contributed by atoms with E-state index < -0.39 is 15.9 Å². The Bertz CT molecular complexity index is 1560. The molecule has 4 bridgehead atoms. The molecule has 216 valence electrons. The second kappa shape index (κ2) is 10.9. The summed E-state index contributed by atoms with van der Waals surface area (Å²) in [6.45, 7) is 11.2. The monoisotopic (exact) mass is 574 g/mol. The molecule has 2 aliphatic rings. The van der Waals surface area contributed by atoms with Crippen molar-refractivity contribution >= 4 is 33.6 Å². The van der Waals surface area contributed by atoms with Crippen LogP contribution in [0, 0.1) is 5.92 Å². The van der Waals surface area contributed by atoms with Gasteiger partial charge in [-0.05, 0) is 74.9 Å². The molecule has 2 N–H and O–H groups in total. The highest BCUT2D eigenvalue weighted by Gasteiger charge is 2.41. The van der Waals surface area contributed by atoms with Gasteiger partial charge < -0.3 is 10.2 Å². The average molecular weight is 575 g/mol. The van der Waals surface area contributed by atoms with Gasteiger partial charge in [0, 0.05) is 41.6 Å². The molecule has 0 spiro atoms. The summed E-state index contributed by atoms with van der Waals surface area (Å²) >= 11 is 0. The quantitative estimate of drug-likeness (QED) is 0.430. The lowest BCUT2D eigenvalue weighted by molar-refractivity contribution is 0.0981. The number of hydrogen-bond donors (Lipinski definition) is 2. The first kappa shape index (κ1) is 28.7. The number of rotatable bonds is 2. The molecule has 0 saturated carbocycles. The van der Waals surface area contributed by atoms with Crippen LogP contribution in [0.15, 0.2) is 66.0 Å². The van der Waals surface area contributed by atoms with Crippen molar-refractivity contribution < 1.29 is 13.2 Å². The van der Waals surface area contributed by atoms with Crippen LogP contribution in [-0.4, -0.2) is 47.4 Å². The molecule has 1 saturated heterocycles. The van der Waals surface area contributed by atoms with E-state index in [-0.39, 0.29) is 27.6 Å². The fourth-order valence-electron chi connectivity index (χ4n) is 5.60. The third kappa shape index (κ3) is 6.43. The van der Waals surface area contributed by atoms with Crippen molar-refractivity contribution in [2.24, 2.45) is 5.92 Å². The van der Waals surface area contributed by atoms with Gasteiger partial charge in [0.1, 0.15) is 11.6 Å². The zero-order valence-corrected chi connectivity index (χ0v) is 25.1. The van der Waals surface area contributed by atoms with E-state index in [1.165, 1.54) is 6.07 Å². The van der Waals surface area contributed by atoms with Gasteiger partial charge in [0.2, 0.25) is 0 Å². The van der Waals surface area contributed by atoms with Crippen molar-refractivity contribution in [2.45, 2.75) is 75.9 Å². The normalized spacial score (nSPS) is 22.3. The molecule has 3 aromatic heterocycles. The fourth-order valence-corrected chi connectivity index (χ4v) is 6.53. The number of carbonyl (C=O) groups is 1. The molecular weight excluding hydrogens is 536 g/mol. The zero-order valence-electron chi connectivity index (χ0n) is 24.3. The van der Waals surface area contributed by atoms with E-state index in [1.807, 2.05) is 24.3 Å². The summed E-state index contributed by atoms with van der Waals surface area (Å²) in [6.07, 6.45) is 10.3. The summed E-state index contributed by atoms with van der Waals surface area (Å²) in [6, 6.07) is 12.0. The Morgan fingerprint density at radius 2 is 1.85 bits per heavy atom. The molecule has 5 heterocycles. The number of nitrogens with zero attached hydrogens (tertiary/aromatic N) is 4. The van der Waals surface area contributed by atoms with Crippen LogP contribution in [0.2, 0.25) is 0 Å². The highest BCUT2D eigenvalue weighted by Crippen LogP contribution is 2.40. The molecule has 2 atom stereocenters. The van der Waals surface area contributed by atoms with Gasteiger partial charge in [0.15, 0.2) is 5.03 Å². The van der Waals surface area contributed by atoms with Gasteiger partial charge >= 0.3 is 0 Å². The van der Waals surface area contributed by atoms with Crippen molar-refractivity contribution in [3.63, 3.8) is 0 Å². The van der Waals surface area contributed by atoms with Gasteiger partial charge in [0.25, 0.3) is 15.9 Å². The minimum absolute atomic E-state index is 0.101. The first-order valence-electron chi connectivity index (χ1n) is 14.0. The third-order valence-corrected chi connectivity index (χ3v) is 8.99. The zero-order chi connectivity index (χ0) is 29.4. The molecule has 0 aromatic carbocycles. The van der Waals surface area contributed by atoms with Gasteiger partial charge in [-0.3, -0.25) is 9.78 Å². The molecule has 2 aliphatic heterocycles. The minimum atomic E-state index is -4.25. The van der Waals surface area contributed by atoms with Gasteiger partial charge in [0.05, 0.1) is 5.56 Å². The molecule has 0 aliphatic carbocycles. The number of fused-ring (bicyclic) bond motifs is 6. The summed E-state index contributed by atoms with van der Waals surface area (Å²) in [5, 5.41) is 3.17. The Morgan fingerprint density at radius 1 is 1.05 bits per heavy atom. The van der Waals surface area contributed by atoms with Crippen molar-refractivity contribution in [1.29, 1.82) is 0 Å². The standard InChI is InChI=1S/C31H38N6O3S/c1-30(2,3)25-16-15-24-28(34-25)37-20-22(18-31(37,4)5)12-14-23(13-11-21-8-7-17-32-19-21)33-26-9-6-10-27(35-26)41(39,40)36-29(24)38/h6-11,13,15-17,19,22-23H,12,14,18,20H2,1-5H3,(H,33,35)(H,36,38)/b13-11+/t22-,23?/m0/s1. The van der Waals surface area contributed by atoms with E-state index in [0.717, 1.165) is 30.5 Å². The molecular formula is C31H38N6O3S. The van der Waals surface area contributed by atoms with E-state index in [2.05, 4.69) is 65.6 Å². The average Bonchev–Trinajstić information content (AvgIpc) is 3.23. The van der Waals surface area contributed by atoms with E-state index in [1.54, 1.807) is 30.6 Å². The van der Waals surface area contributed by atoms with Gasteiger partial charge in [-0.1, -0.05) is 45.1 Å². The lowest BCUT2D eigenvalue weighted by atomic mass is 9.90. The maximum Gasteiger partial charge on any atom is 0.281 e. The molecule has 1 unspecified atom stereocenters. The van der Waals surface area contributed by atoms with Crippen molar-refractivity contribution in [1.82, 2.24) is 19.7 Å². The maximum absolute atomic E-state index is 13.6. The lowest BCUT2D eigenvalue weighted by Gasteiger charge is -2.34.